The lowest BCUT2D eigenvalue weighted by Gasteiger charge is -2.12. The van der Waals surface area contributed by atoms with E-state index < -0.39 is 11.9 Å². The van der Waals surface area contributed by atoms with Gasteiger partial charge in [0.1, 0.15) is 0 Å². The molecule has 148 valence electrons. The summed E-state index contributed by atoms with van der Waals surface area (Å²) in [5, 5.41) is 11.1. The molecular formula is C20H23ClN4O3. The number of rotatable bonds is 8. The van der Waals surface area contributed by atoms with Gasteiger partial charge in [0.2, 0.25) is 5.91 Å². The maximum atomic E-state index is 12.5. The molecular weight excluding hydrogens is 380 g/mol. The molecule has 0 aromatic heterocycles. The van der Waals surface area contributed by atoms with Gasteiger partial charge in [-0.25, -0.2) is 4.79 Å². The van der Waals surface area contributed by atoms with Gasteiger partial charge in [0.05, 0.1) is 12.1 Å². The van der Waals surface area contributed by atoms with Crippen LogP contribution in [0.4, 0.5) is 16.2 Å². The minimum atomic E-state index is -0.533. The Balaban J connectivity index is 1.92. The van der Waals surface area contributed by atoms with Gasteiger partial charge in [-0.2, -0.15) is 0 Å². The van der Waals surface area contributed by atoms with Crippen LogP contribution in [-0.4, -0.2) is 30.9 Å². The number of urea groups is 1. The average molecular weight is 403 g/mol. The van der Waals surface area contributed by atoms with Crippen molar-refractivity contribution in [3.8, 4) is 0 Å². The predicted octanol–water partition coefficient (Wildman–Crippen LogP) is 3.63. The Morgan fingerprint density at radius 3 is 2.43 bits per heavy atom. The highest BCUT2D eigenvalue weighted by atomic mass is 35.5. The van der Waals surface area contributed by atoms with Gasteiger partial charge in [-0.15, -0.1) is 0 Å². The topological polar surface area (TPSA) is 99.3 Å². The van der Waals surface area contributed by atoms with Crippen LogP contribution in [-0.2, 0) is 4.79 Å². The lowest BCUT2D eigenvalue weighted by molar-refractivity contribution is -0.118. The van der Waals surface area contributed by atoms with E-state index in [2.05, 4.69) is 21.3 Å². The first-order valence-corrected chi connectivity index (χ1v) is 9.35. The molecule has 2 aromatic rings. The molecule has 0 atom stereocenters. The van der Waals surface area contributed by atoms with Gasteiger partial charge in [-0.3, -0.25) is 14.9 Å². The van der Waals surface area contributed by atoms with Crippen LogP contribution in [0.1, 0.15) is 30.1 Å². The van der Waals surface area contributed by atoms with Gasteiger partial charge in [0, 0.05) is 22.9 Å². The van der Waals surface area contributed by atoms with Gasteiger partial charge < -0.3 is 16.0 Å². The SMILES string of the molecule is CCCCNC(=O)NC(=O)CNc1ccccc1C(=O)Nc1ccc(Cl)cc1. The van der Waals surface area contributed by atoms with Crippen LogP contribution in [0.5, 0.6) is 0 Å². The Hall–Kier alpha value is -3.06. The molecule has 0 aliphatic carbocycles. The summed E-state index contributed by atoms with van der Waals surface area (Å²) in [4.78, 5) is 36.1. The number of hydrogen-bond acceptors (Lipinski definition) is 4. The first-order valence-electron chi connectivity index (χ1n) is 8.97. The number of anilines is 2. The van der Waals surface area contributed by atoms with Crippen LogP contribution in [0, 0.1) is 0 Å². The molecule has 4 amide bonds. The Labute approximate surface area is 168 Å². The van der Waals surface area contributed by atoms with Crippen LogP contribution in [0.15, 0.2) is 48.5 Å². The molecule has 0 bridgehead atoms. The highest BCUT2D eigenvalue weighted by Crippen LogP contribution is 2.18. The fraction of sp³-hybridized carbons (Fsp3) is 0.250. The van der Waals surface area contributed by atoms with Gasteiger partial charge >= 0.3 is 6.03 Å². The van der Waals surface area contributed by atoms with Crippen LogP contribution in [0.25, 0.3) is 0 Å². The summed E-state index contributed by atoms with van der Waals surface area (Å²) in [5.41, 5.74) is 1.46. The number of imide groups is 1. The zero-order chi connectivity index (χ0) is 20.4. The van der Waals surface area contributed by atoms with E-state index in [9.17, 15) is 14.4 Å². The predicted molar refractivity (Wildman–Crippen MR) is 111 cm³/mol. The summed E-state index contributed by atoms with van der Waals surface area (Å²) in [6.45, 7) is 2.37. The van der Waals surface area contributed by atoms with E-state index in [1.807, 2.05) is 6.92 Å². The Morgan fingerprint density at radius 1 is 1.00 bits per heavy atom. The second kappa shape index (κ2) is 10.9. The lowest BCUT2D eigenvalue weighted by atomic mass is 10.1. The number of unbranched alkanes of at least 4 members (excludes halogenated alkanes) is 1. The highest BCUT2D eigenvalue weighted by Gasteiger charge is 2.13. The van der Waals surface area contributed by atoms with Crippen molar-refractivity contribution in [3.63, 3.8) is 0 Å². The zero-order valence-electron chi connectivity index (χ0n) is 15.5. The number of carbonyl (C=O) groups excluding carboxylic acids is 3. The second-order valence-electron chi connectivity index (χ2n) is 6.02. The molecule has 0 heterocycles. The Kier molecular flexibility index (Phi) is 8.30. The van der Waals surface area contributed by atoms with Crippen molar-refractivity contribution >= 4 is 40.8 Å². The van der Waals surface area contributed by atoms with Crippen molar-refractivity contribution in [2.75, 3.05) is 23.7 Å². The number of carbonyl (C=O) groups is 3. The molecule has 4 N–H and O–H groups in total. The number of para-hydroxylation sites is 1. The highest BCUT2D eigenvalue weighted by molar-refractivity contribution is 6.30. The van der Waals surface area contributed by atoms with Crippen molar-refractivity contribution in [1.29, 1.82) is 0 Å². The van der Waals surface area contributed by atoms with Gasteiger partial charge in [0.25, 0.3) is 5.91 Å². The molecule has 0 saturated heterocycles. The van der Waals surface area contributed by atoms with Crippen LogP contribution in [0.3, 0.4) is 0 Å². The maximum Gasteiger partial charge on any atom is 0.321 e. The molecule has 2 aromatic carbocycles. The fourth-order valence-corrected chi connectivity index (χ4v) is 2.46. The van der Waals surface area contributed by atoms with Crippen molar-refractivity contribution in [1.82, 2.24) is 10.6 Å². The summed E-state index contributed by atoms with van der Waals surface area (Å²) < 4.78 is 0. The molecule has 8 heteroatoms. The Morgan fingerprint density at radius 2 is 1.71 bits per heavy atom. The molecule has 0 aliphatic rings. The van der Waals surface area contributed by atoms with Crippen LogP contribution >= 0.6 is 11.6 Å². The summed E-state index contributed by atoms with van der Waals surface area (Å²) in [6.07, 6.45) is 1.79. The molecule has 0 saturated carbocycles. The maximum absolute atomic E-state index is 12.5. The first kappa shape index (κ1) is 21.2. The van der Waals surface area contributed by atoms with Crippen molar-refractivity contribution in [3.05, 3.63) is 59.1 Å². The summed E-state index contributed by atoms with van der Waals surface area (Å²) in [5.74, 6) is -0.829. The smallest absolute Gasteiger partial charge is 0.321 e. The number of halogens is 1. The summed E-state index contributed by atoms with van der Waals surface area (Å²) >= 11 is 5.84. The van der Waals surface area contributed by atoms with Gasteiger partial charge in [-0.05, 0) is 42.8 Å². The van der Waals surface area contributed by atoms with E-state index in [0.717, 1.165) is 12.8 Å². The molecule has 0 spiro atoms. The van der Waals surface area contributed by atoms with E-state index in [0.29, 0.717) is 28.5 Å². The quantitative estimate of drug-likeness (QED) is 0.506. The van der Waals surface area contributed by atoms with Crippen LogP contribution in [0.2, 0.25) is 5.02 Å². The fourth-order valence-electron chi connectivity index (χ4n) is 2.34. The van der Waals surface area contributed by atoms with Crippen LogP contribution < -0.4 is 21.3 Å². The summed E-state index contributed by atoms with van der Waals surface area (Å²) in [7, 11) is 0. The summed E-state index contributed by atoms with van der Waals surface area (Å²) in [6, 6.07) is 13.0. The van der Waals surface area contributed by atoms with Crippen molar-refractivity contribution < 1.29 is 14.4 Å². The molecule has 28 heavy (non-hydrogen) atoms. The van der Waals surface area contributed by atoms with E-state index in [1.165, 1.54) is 0 Å². The van der Waals surface area contributed by atoms with E-state index >= 15 is 0 Å². The lowest BCUT2D eigenvalue weighted by Crippen LogP contribution is -2.42. The van der Waals surface area contributed by atoms with Crippen molar-refractivity contribution in [2.24, 2.45) is 0 Å². The molecule has 0 unspecified atom stereocenters. The minimum Gasteiger partial charge on any atom is -0.375 e. The molecule has 0 radical (unpaired) electrons. The molecule has 0 aliphatic heterocycles. The zero-order valence-corrected chi connectivity index (χ0v) is 16.3. The average Bonchev–Trinajstić information content (AvgIpc) is 2.68. The molecule has 7 nitrogen and oxygen atoms in total. The molecule has 0 fully saturated rings. The Bertz CT molecular complexity index is 824. The monoisotopic (exact) mass is 402 g/mol. The number of benzene rings is 2. The first-order chi connectivity index (χ1) is 13.5. The van der Waals surface area contributed by atoms with Gasteiger partial charge in [-0.1, -0.05) is 37.1 Å². The third-order valence-electron chi connectivity index (χ3n) is 3.78. The standard InChI is InChI=1S/C20H23ClN4O3/c1-2-3-12-22-20(28)25-18(26)13-23-17-7-5-4-6-16(17)19(27)24-15-10-8-14(21)9-11-15/h4-11,23H,2-3,12-13H2,1H3,(H,24,27)(H2,22,25,26,28). The minimum absolute atomic E-state index is 0.146. The number of hydrogen-bond donors (Lipinski definition) is 4. The number of amides is 4. The van der Waals surface area contributed by atoms with Gasteiger partial charge in [0.15, 0.2) is 0 Å². The second-order valence-corrected chi connectivity index (χ2v) is 6.45. The third-order valence-corrected chi connectivity index (χ3v) is 4.03. The third kappa shape index (κ3) is 6.92. The van der Waals surface area contributed by atoms with E-state index in [4.69, 9.17) is 11.6 Å². The van der Waals surface area contributed by atoms with E-state index in [-0.39, 0.29) is 12.5 Å². The van der Waals surface area contributed by atoms with Crippen molar-refractivity contribution in [2.45, 2.75) is 19.8 Å². The molecule has 2 rings (SSSR count). The van der Waals surface area contributed by atoms with E-state index in [1.54, 1.807) is 48.5 Å². The normalized spacial score (nSPS) is 10.1. The number of nitrogens with one attached hydrogen (secondary N) is 4. The largest absolute Gasteiger partial charge is 0.375 e.